The third kappa shape index (κ3) is 1.71. The van der Waals surface area contributed by atoms with E-state index in [1.165, 1.54) is 20.8 Å². The Morgan fingerprint density at radius 3 is 1.33 bits per heavy atom. The minimum absolute atomic E-state index is 1.04. The molecule has 0 radical (unpaired) electrons. The van der Waals surface area contributed by atoms with Crippen molar-refractivity contribution < 1.29 is 17.6 Å². The van der Waals surface area contributed by atoms with Crippen LogP contribution in [0.5, 0.6) is 0 Å². The van der Waals surface area contributed by atoms with Gasteiger partial charge in [0.15, 0.2) is 0 Å². The summed E-state index contributed by atoms with van der Waals surface area (Å²) < 4.78 is 49.7. The van der Waals surface area contributed by atoms with Gasteiger partial charge in [-0.05, 0) is 0 Å². The van der Waals surface area contributed by atoms with Crippen LogP contribution in [0.4, 0.5) is 17.6 Å². The molecule has 0 aromatic heterocycles. The second kappa shape index (κ2) is 2.87. The molecule has 0 fully saturated rings. The first-order valence-electron chi connectivity index (χ1n) is 3.52. The van der Waals surface area contributed by atoms with Crippen LogP contribution in [0.25, 0.3) is 0 Å². The summed E-state index contributed by atoms with van der Waals surface area (Å²) in [6.45, 7) is 2.48. The Morgan fingerprint density at radius 1 is 1.00 bits per heavy atom. The molecule has 1 nitrogen and oxygen atoms in total. The Morgan fingerprint density at radius 2 is 1.33 bits per heavy atom. The zero-order chi connectivity index (χ0) is 10.2. The third-order valence-corrected chi connectivity index (χ3v) is 1.92. The third-order valence-electron chi connectivity index (χ3n) is 1.92. The molecule has 1 atom stereocenters. The van der Waals surface area contributed by atoms with E-state index in [9.17, 15) is 17.6 Å². The normalized spacial score (nSPS) is 19.0. The molecule has 0 amide bonds. The van der Waals surface area contributed by atoms with Gasteiger partial charge in [-0.1, -0.05) is 20.8 Å². The number of hydrogen-bond donors (Lipinski definition) is 1. The summed E-state index contributed by atoms with van der Waals surface area (Å²) in [6.07, 6.45) is -4.90. The minimum atomic E-state index is -4.90. The van der Waals surface area contributed by atoms with E-state index in [1.54, 1.807) is 0 Å². The lowest BCUT2D eigenvalue weighted by Crippen LogP contribution is -2.56. The van der Waals surface area contributed by atoms with E-state index in [2.05, 4.69) is 0 Å². The molecule has 0 spiro atoms. The molecule has 0 saturated carbocycles. The fraction of sp³-hybridized carbons (Fsp3) is 1.00. The van der Waals surface area contributed by atoms with Gasteiger partial charge in [0.2, 0.25) is 5.67 Å². The van der Waals surface area contributed by atoms with Gasteiger partial charge < -0.3 is 5.73 Å². The summed E-state index contributed by atoms with van der Waals surface area (Å²) >= 11 is 0. The second-order valence-electron chi connectivity index (χ2n) is 3.75. The van der Waals surface area contributed by atoms with Gasteiger partial charge in [0.25, 0.3) is 0 Å². The first kappa shape index (κ1) is 11.7. The first-order valence-corrected chi connectivity index (χ1v) is 3.52. The van der Waals surface area contributed by atoms with Crippen LogP contribution >= 0.6 is 0 Å². The average Bonchev–Trinajstić information content (AvgIpc) is 1.81. The van der Waals surface area contributed by atoms with Crippen LogP contribution in [-0.2, 0) is 0 Å². The SMILES string of the molecule is CC(C)(C)C(F)(CN)C(F)(F)F. The molecule has 0 rings (SSSR count). The zero-order valence-corrected chi connectivity index (χ0v) is 7.30. The summed E-state index contributed by atoms with van der Waals surface area (Å²) in [5, 5.41) is 0. The molecule has 5 heteroatoms. The molecule has 0 aliphatic heterocycles. The molecule has 0 bridgehead atoms. The van der Waals surface area contributed by atoms with Gasteiger partial charge in [0.05, 0.1) is 0 Å². The summed E-state index contributed by atoms with van der Waals surface area (Å²) in [5.74, 6) is 0. The summed E-state index contributed by atoms with van der Waals surface area (Å²) in [6, 6.07) is 0. The highest BCUT2D eigenvalue weighted by Gasteiger charge is 2.61. The predicted octanol–water partition coefficient (Wildman–Crippen LogP) is 2.26. The molecule has 12 heavy (non-hydrogen) atoms. The van der Waals surface area contributed by atoms with Crippen LogP contribution in [0.2, 0.25) is 0 Å². The van der Waals surface area contributed by atoms with Crippen LogP contribution in [0.1, 0.15) is 20.8 Å². The molecule has 0 aliphatic carbocycles. The highest BCUT2D eigenvalue weighted by Crippen LogP contribution is 2.45. The van der Waals surface area contributed by atoms with E-state index in [0.29, 0.717) is 0 Å². The quantitative estimate of drug-likeness (QED) is 0.626. The van der Waals surface area contributed by atoms with Gasteiger partial charge in [0.1, 0.15) is 0 Å². The maximum atomic E-state index is 13.3. The van der Waals surface area contributed by atoms with Crippen LogP contribution in [-0.4, -0.2) is 18.4 Å². The van der Waals surface area contributed by atoms with Crippen molar-refractivity contribution in [2.75, 3.05) is 6.54 Å². The monoisotopic (exact) mass is 187 g/mol. The van der Waals surface area contributed by atoms with E-state index in [0.717, 1.165) is 0 Å². The Hall–Kier alpha value is -0.320. The van der Waals surface area contributed by atoms with E-state index >= 15 is 0 Å². The van der Waals surface area contributed by atoms with E-state index in [1.807, 2.05) is 0 Å². The van der Waals surface area contributed by atoms with Gasteiger partial charge in [-0.3, -0.25) is 0 Å². The van der Waals surface area contributed by atoms with Crippen molar-refractivity contribution in [3.8, 4) is 0 Å². The molecule has 74 valence electrons. The molecule has 1 unspecified atom stereocenters. The smallest absolute Gasteiger partial charge is 0.327 e. The van der Waals surface area contributed by atoms with E-state index < -0.39 is 23.8 Å². The number of rotatable bonds is 1. The Kier molecular flexibility index (Phi) is 2.79. The number of nitrogens with two attached hydrogens (primary N) is 1. The predicted molar refractivity (Wildman–Crippen MR) is 38.4 cm³/mol. The maximum absolute atomic E-state index is 13.3. The summed E-state index contributed by atoms with van der Waals surface area (Å²) in [5.41, 5.74) is -0.0490. The Labute approximate surface area is 68.9 Å². The van der Waals surface area contributed by atoms with Crippen molar-refractivity contribution in [3.05, 3.63) is 0 Å². The van der Waals surface area contributed by atoms with Crippen molar-refractivity contribution in [1.29, 1.82) is 0 Å². The maximum Gasteiger partial charge on any atom is 0.424 e. The van der Waals surface area contributed by atoms with Crippen molar-refractivity contribution in [2.45, 2.75) is 32.6 Å². The highest BCUT2D eigenvalue weighted by atomic mass is 19.4. The van der Waals surface area contributed by atoms with Gasteiger partial charge >= 0.3 is 6.18 Å². The van der Waals surface area contributed by atoms with E-state index in [-0.39, 0.29) is 0 Å². The van der Waals surface area contributed by atoms with Crippen LogP contribution in [0.3, 0.4) is 0 Å². The first-order chi connectivity index (χ1) is 5.06. The number of hydrogen-bond acceptors (Lipinski definition) is 1. The van der Waals surface area contributed by atoms with Crippen molar-refractivity contribution in [3.63, 3.8) is 0 Å². The van der Waals surface area contributed by atoms with Gasteiger partial charge in [-0.2, -0.15) is 13.2 Å². The topological polar surface area (TPSA) is 26.0 Å². The van der Waals surface area contributed by atoms with E-state index in [4.69, 9.17) is 5.73 Å². The summed E-state index contributed by atoms with van der Waals surface area (Å²) in [4.78, 5) is 0. The van der Waals surface area contributed by atoms with Crippen LogP contribution < -0.4 is 5.73 Å². The number of halogens is 4. The largest absolute Gasteiger partial charge is 0.424 e. The molecular formula is C7H13F4N. The second-order valence-corrected chi connectivity index (χ2v) is 3.75. The fourth-order valence-corrected chi connectivity index (χ4v) is 0.847. The molecular weight excluding hydrogens is 174 g/mol. The summed E-state index contributed by atoms with van der Waals surface area (Å²) in [7, 11) is 0. The van der Waals surface area contributed by atoms with Gasteiger partial charge in [-0.15, -0.1) is 0 Å². The molecule has 0 saturated heterocycles. The average molecular weight is 187 g/mol. The molecule has 0 aliphatic rings. The Bertz CT molecular complexity index is 142. The molecule has 0 heterocycles. The van der Waals surface area contributed by atoms with Gasteiger partial charge in [0, 0.05) is 12.0 Å². The highest BCUT2D eigenvalue weighted by molar-refractivity contribution is 4.98. The molecule has 0 aromatic rings. The lowest BCUT2D eigenvalue weighted by atomic mass is 9.77. The van der Waals surface area contributed by atoms with Crippen LogP contribution in [0.15, 0.2) is 0 Å². The lowest BCUT2D eigenvalue weighted by Gasteiger charge is -2.37. The Balaban J connectivity index is 4.95. The fourth-order valence-electron chi connectivity index (χ4n) is 0.847. The zero-order valence-electron chi connectivity index (χ0n) is 7.30. The van der Waals surface area contributed by atoms with Crippen molar-refractivity contribution in [2.24, 2.45) is 11.1 Å². The van der Waals surface area contributed by atoms with Crippen LogP contribution in [0, 0.1) is 5.41 Å². The van der Waals surface area contributed by atoms with Gasteiger partial charge in [-0.25, -0.2) is 4.39 Å². The van der Waals surface area contributed by atoms with Crippen molar-refractivity contribution >= 4 is 0 Å². The molecule has 2 N–H and O–H groups in total. The van der Waals surface area contributed by atoms with Crippen molar-refractivity contribution in [1.82, 2.24) is 0 Å². The number of alkyl halides is 4. The minimum Gasteiger partial charge on any atom is -0.327 e. The molecule has 0 aromatic carbocycles. The standard InChI is InChI=1S/C7H13F4N/c1-5(2,3)6(8,4-12)7(9,10)11/h4,12H2,1-3H3. The lowest BCUT2D eigenvalue weighted by molar-refractivity contribution is -0.258.